The molecule has 0 saturated carbocycles. The highest BCUT2D eigenvalue weighted by atomic mass is 32.1. The van der Waals surface area contributed by atoms with Gasteiger partial charge >= 0.3 is 0 Å². The zero-order valence-corrected chi connectivity index (χ0v) is 14.3. The molecule has 2 atom stereocenters. The summed E-state index contributed by atoms with van der Waals surface area (Å²) in [6.45, 7) is 4.48. The minimum Gasteiger partial charge on any atom is -0.388 e. The summed E-state index contributed by atoms with van der Waals surface area (Å²) in [5.41, 5.74) is 0. The van der Waals surface area contributed by atoms with Gasteiger partial charge in [0.25, 0.3) is 0 Å². The van der Waals surface area contributed by atoms with Crippen molar-refractivity contribution in [2.45, 2.75) is 57.6 Å². The van der Waals surface area contributed by atoms with Crippen LogP contribution in [0.15, 0.2) is 17.5 Å². The van der Waals surface area contributed by atoms with Crippen molar-refractivity contribution in [2.75, 3.05) is 19.6 Å². The molecule has 2 heterocycles. The largest absolute Gasteiger partial charge is 0.388 e. The van der Waals surface area contributed by atoms with E-state index in [1.807, 2.05) is 24.4 Å². The van der Waals surface area contributed by atoms with Crippen LogP contribution in [0.25, 0.3) is 0 Å². The first kappa shape index (κ1) is 17.4. The van der Waals surface area contributed by atoms with Gasteiger partial charge in [0.05, 0.1) is 6.10 Å². The number of nitrogens with zero attached hydrogens (tertiary/aromatic N) is 1. The molecule has 1 aromatic rings. The summed E-state index contributed by atoms with van der Waals surface area (Å²) in [7, 11) is 0. The van der Waals surface area contributed by atoms with Gasteiger partial charge in [0.2, 0.25) is 5.91 Å². The first-order chi connectivity index (χ1) is 10.7. The number of hydrogen-bond donors (Lipinski definition) is 2. The number of amides is 1. The molecule has 0 radical (unpaired) electrons. The first-order valence-corrected chi connectivity index (χ1v) is 9.31. The summed E-state index contributed by atoms with van der Waals surface area (Å²) in [5, 5.41) is 15.3. The second-order valence-corrected chi connectivity index (χ2v) is 6.99. The number of carbonyl (C=O) groups excluding carboxylic acids is 1. The van der Waals surface area contributed by atoms with E-state index in [-0.39, 0.29) is 12.0 Å². The lowest BCUT2D eigenvalue weighted by molar-refractivity contribution is -0.121. The minimum absolute atomic E-state index is 0.129. The smallest absolute Gasteiger partial charge is 0.221 e. The molecule has 1 amide bonds. The Morgan fingerprint density at radius 1 is 1.50 bits per heavy atom. The number of aliphatic hydroxyl groups excluding tert-OH is 1. The Labute approximate surface area is 137 Å². The zero-order chi connectivity index (χ0) is 15.8. The van der Waals surface area contributed by atoms with E-state index in [0.717, 1.165) is 30.8 Å². The monoisotopic (exact) mass is 324 g/mol. The van der Waals surface area contributed by atoms with Gasteiger partial charge in [0.15, 0.2) is 0 Å². The van der Waals surface area contributed by atoms with Gasteiger partial charge in [-0.15, -0.1) is 11.3 Å². The lowest BCUT2D eigenvalue weighted by atomic mass is 10.0. The molecule has 1 aromatic heterocycles. The molecule has 2 rings (SSSR count). The van der Waals surface area contributed by atoms with Crippen LogP contribution in [-0.2, 0) is 4.79 Å². The summed E-state index contributed by atoms with van der Waals surface area (Å²) >= 11 is 1.62. The molecule has 4 nitrogen and oxygen atoms in total. The van der Waals surface area contributed by atoms with Gasteiger partial charge in [-0.1, -0.05) is 18.9 Å². The lowest BCUT2D eigenvalue weighted by Crippen LogP contribution is -2.38. The minimum atomic E-state index is -0.380. The van der Waals surface area contributed by atoms with Crippen LogP contribution in [0.3, 0.4) is 0 Å². The fourth-order valence-electron chi connectivity index (χ4n) is 3.18. The number of nitrogens with one attached hydrogen (secondary N) is 1. The van der Waals surface area contributed by atoms with E-state index in [2.05, 4.69) is 10.2 Å². The summed E-state index contributed by atoms with van der Waals surface area (Å²) in [6.07, 6.45) is 5.74. The maximum atomic E-state index is 11.7. The highest BCUT2D eigenvalue weighted by Gasteiger charge is 2.24. The molecule has 1 aliphatic rings. The fourth-order valence-corrected chi connectivity index (χ4v) is 3.91. The van der Waals surface area contributed by atoms with Crippen molar-refractivity contribution >= 4 is 17.2 Å². The molecule has 1 fully saturated rings. The van der Waals surface area contributed by atoms with Crippen LogP contribution in [0.5, 0.6) is 0 Å². The molecule has 0 aromatic carbocycles. The summed E-state index contributed by atoms with van der Waals surface area (Å²) in [5.74, 6) is 0.129. The normalized spacial score (nSPS) is 21.3. The standard InChI is InChI=1S/C17H28N2O2S/c1-2-18-17(21)9-11-19-10-5-3-4-7-14(19)13-15(20)16-8-6-12-22-16/h6,8,12,14-15,20H,2-5,7,9-11,13H2,1H3,(H,18,21). The average Bonchev–Trinajstić information content (AvgIpc) is 2.95. The molecule has 22 heavy (non-hydrogen) atoms. The van der Waals surface area contributed by atoms with E-state index in [1.54, 1.807) is 11.3 Å². The Bertz CT molecular complexity index is 436. The Kier molecular flexibility index (Phi) is 7.36. The number of carbonyl (C=O) groups is 1. The van der Waals surface area contributed by atoms with Crippen molar-refractivity contribution in [3.63, 3.8) is 0 Å². The van der Waals surface area contributed by atoms with Crippen molar-refractivity contribution in [1.82, 2.24) is 10.2 Å². The predicted octanol–water partition coefficient (Wildman–Crippen LogP) is 2.94. The van der Waals surface area contributed by atoms with Crippen LogP contribution < -0.4 is 5.32 Å². The number of rotatable bonds is 7. The van der Waals surface area contributed by atoms with Gasteiger partial charge < -0.3 is 10.4 Å². The number of thiophene rings is 1. The second kappa shape index (κ2) is 9.28. The fraction of sp³-hybridized carbons (Fsp3) is 0.706. The number of aliphatic hydroxyl groups is 1. The first-order valence-electron chi connectivity index (χ1n) is 8.43. The second-order valence-electron chi connectivity index (χ2n) is 6.01. The summed E-state index contributed by atoms with van der Waals surface area (Å²) in [6, 6.07) is 4.38. The van der Waals surface area contributed by atoms with Crippen LogP contribution in [0.1, 0.15) is 56.4 Å². The Morgan fingerprint density at radius 2 is 2.36 bits per heavy atom. The molecule has 2 N–H and O–H groups in total. The van der Waals surface area contributed by atoms with E-state index >= 15 is 0 Å². The lowest BCUT2D eigenvalue weighted by Gasteiger charge is -2.31. The van der Waals surface area contributed by atoms with Crippen molar-refractivity contribution in [3.05, 3.63) is 22.4 Å². The van der Waals surface area contributed by atoms with Crippen LogP contribution >= 0.6 is 11.3 Å². The molecule has 1 saturated heterocycles. The van der Waals surface area contributed by atoms with E-state index < -0.39 is 0 Å². The molecule has 0 spiro atoms. The van der Waals surface area contributed by atoms with Crippen LogP contribution in [-0.4, -0.2) is 41.6 Å². The van der Waals surface area contributed by atoms with E-state index in [0.29, 0.717) is 19.0 Å². The molecule has 1 aliphatic heterocycles. The molecular formula is C17H28N2O2S. The van der Waals surface area contributed by atoms with Crippen molar-refractivity contribution in [1.29, 1.82) is 0 Å². The number of likely N-dealkylation sites (tertiary alicyclic amines) is 1. The van der Waals surface area contributed by atoms with Crippen molar-refractivity contribution in [3.8, 4) is 0 Å². The van der Waals surface area contributed by atoms with Gasteiger partial charge in [-0.3, -0.25) is 9.69 Å². The maximum absolute atomic E-state index is 11.7. The highest BCUT2D eigenvalue weighted by Crippen LogP contribution is 2.28. The SMILES string of the molecule is CCNC(=O)CCN1CCCCCC1CC(O)c1cccs1. The molecule has 124 valence electrons. The maximum Gasteiger partial charge on any atom is 0.221 e. The molecular weight excluding hydrogens is 296 g/mol. The molecule has 2 unspecified atom stereocenters. The summed E-state index contributed by atoms with van der Waals surface area (Å²) in [4.78, 5) is 15.2. The van der Waals surface area contributed by atoms with Gasteiger partial charge in [-0.25, -0.2) is 0 Å². The third-order valence-corrected chi connectivity index (χ3v) is 5.34. The topological polar surface area (TPSA) is 52.6 Å². The summed E-state index contributed by atoms with van der Waals surface area (Å²) < 4.78 is 0. The van der Waals surface area contributed by atoms with Crippen LogP contribution in [0.4, 0.5) is 0 Å². The van der Waals surface area contributed by atoms with Gasteiger partial charge in [-0.2, -0.15) is 0 Å². The average molecular weight is 324 g/mol. The molecule has 0 aliphatic carbocycles. The van der Waals surface area contributed by atoms with E-state index in [4.69, 9.17) is 0 Å². The van der Waals surface area contributed by atoms with Crippen LogP contribution in [0, 0.1) is 0 Å². The van der Waals surface area contributed by atoms with E-state index in [9.17, 15) is 9.90 Å². The Hall–Kier alpha value is -0.910. The van der Waals surface area contributed by atoms with Crippen LogP contribution in [0.2, 0.25) is 0 Å². The highest BCUT2D eigenvalue weighted by molar-refractivity contribution is 7.10. The third kappa shape index (κ3) is 5.38. The third-order valence-electron chi connectivity index (χ3n) is 4.37. The van der Waals surface area contributed by atoms with Crippen molar-refractivity contribution in [2.24, 2.45) is 0 Å². The van der Waals surface area contributed by atoms with Crippen molar-refractivity contribution < 1.29 is 9.90 Å². The molecule has 0 bridgehead atoms. The molecule has 5 heteroatoms. The Morgan fingerprint density at radius 3 is 3.09 bits per heavy atom. The van der Waals surface area contributed by atoms with Gasteiger partial charge in [-0.05, 0) is 44.2 Å². The zero-order valence-electron chi connectivity index (χ0n) is 13.5. The van der Waals surface area contributed by atoms with Gasteiger partial charge in [0.1, 0.15) is 0 Å². The van der Waals surface area contributed by atoms with Gasteiger partial charge in [0, 0.05) is 30.4 Å². The number of hydrogen-bond acceptors (Lipinski definition) is 4. The Balaban J connectivity index is 1.90. The predicted molar refractivity (Wildman–Crippen MR) is 91.0 cm³/mol. The van der Waals surface area contributed by atoms with E-state index in [1.165, 1.54) is 19.3 Å². The quantitative estimate of drug-likeness (QED) is 0.811.